The molecule has 6 heteroatoms. The second kappa shape index (κ2) is 5.25. The highest BCUT2D eigenvalue weighted by Gasteiger charge is 2.09. The van der Waals surface area contributed by atoms with Gasteiger partial charge in [-0.1, -0.05) is 6.07 Å². The van der Waals surface area contributed by atoms with Crippen molar-refractivity contribution in [3.63, 3.8) is 0 Å². The number of aromatic nitrogens is 1. The van der Waals surface area contributed by atoms with Crippen LogP contribution in [0.3, 0.4) is 0 Å². The molecule has 0 fully saturated rings. The molecule has 17 heavy (non-hydrogen) atoms. The predicted octanol–water partition coefficient (Wildman–Crippen LogP) is 3.27. The number of benzene rings is 1. The maximum atomic E-state index is 12.9. The van der Waals surface area contributed by atoms with E-state index >= 15 is 0 Å². The molecule has 0 radical (unpaired) electrons. The average molecular weight is 271 g/mol. The average Bonchev–Trinajstić information content (AvgIpc) is 2.77. The van der Waals surface area contributed by atoms with E-state index in [9.17, 15) is 9.18 Å². The van der Waals surface area contributed by atoms with Crippen LogP contribution >= 0.6 is 22.9 Å². The number of thiazole rings is 1. The third-order valence-corrected chi connectivity index (χ3v) is 3.08. The fourth-order valence-electron chi connectivity index (χ4n) is 1.22. The van der Waals surface area contributed by atoms with Gasteiger partial charge in [-0.15, -0.1) is 22.9 Å². The third-order valence-electron chi connectivity index (χ3n) is 2.00. The zero-order valence-electron chi connectivity index (χ0n) is 8.61. The van der Waals surface area contributed by atoms with Crippen molar-refractivity contribution < 1.29 is 9.18 Å². The lowest BCUT2D eigenvalue weighted by molar-refractivity contribution is 0.102. The zero-order chi connectivity index (χ0) is 12.3. The fourth-order valence-corrected chi connectivity index (χ4v) is 2.16. The molecule has 3 nitrogen and oxygen atoms in total. The molecule has 0 aliphatic rings. The summed E-state index contributed by atoms with van der Waals surface area (Å²) in [4.78, 5) is 15.8. The van der Waals surface area contributed by atoms with Crippen LogP contribution in [0.25, 0.3) is 0 Å². The number of anilines is 1. The Morgan fingerprint density at radius 1 is 1.53 bits per heavy atom. The maximum Gasteiger partial charge on any atom is 0.257 e. The van der Waals surface area contributed by atoms with Gasteiger partial charge in [0.15, 0.2) is 5.13 Å². The SMILES string of the molecule is O=C(Nc1nc(CCl)cs1)c1cccc(F)c1. The lowest BCUT2D eigenvalue weighted by atomic mass is 10.2. The number of alkyl halides is 1. The number of nitrogens with one attached hydrogen (secondary N) is 1. The molecule has 0 aliphatic heterocycles. The molecule has 0 unspecified atom stereocenters. The minimum Gasteiger partial charge on any atom is -0.298 e. The molecule has 0 saturated carbocycles. The van der Waals surface area contributed by atoms with Crippen molar-refractivity contribution >= 4 is 34.0 Å². The number of amides is 1. The van der Waals surface area contributed by atoms with Crippen LogP contribution in [0.5, 0.6) is 0 Å². The number of hydrogen-bond donors (Lipinski definition) is 1. The van der Waals surface area contributed by atoms with Crippen molar-refractivity contribution in [2.24, 2.45) is 0 Å². The smallest absolute Gasteiger partial charge is 0.257 e. The first kappa shape index (κ1) is 12.0. The molecule has 1 N–H and O–H groups in total. The van der Waals surface area contributed by atoms with Crippen LogP contribution in [0.15, 0.2) is 29.6 Å². The van der Waals surface area contributed by atoms with Gasteiger partial charge in [0.25, 0.3) is 5.91 Å². The van der Waals surface area contributed by atoms with Crippen molar-refractivity contribution in [2.45, 2.75) is 5.88 Å². The lowest BCUT2D eigenvalue weighted by Crippen LogP contribution is -2.11. The molecule has 1 aromatic heterocycles. The minimum atomic E-state index is -0.446. The van der Waals surface area contributed by atoms with E-state index in [0.29, 0.717) is 16.7 Å². The standard InChI is InChI=1S/C11H8ClFN2OS/c12-5-9-6-17-11(14-9)15-10(16)7-2-1-3-8(13)4-7/h1-4,6H,5H2,(H,14,15,16). The van der Waals surface area contributed by atoms with Gasteiger partial charge in [0.1, 0.15) is 5.82 Å². The van der Waals surface area contributed by atoms with Crippen LogP contribution in [-0.2, 0) is 5.88 Å². The van der Waals surface area contributed by atoms with E-state index in [2.05, 4.69) is 10.3 Å². The second-order valence-corrected chi connectivity index (χ2v) is 4.37. The lowest BCUT2D eigenvalue weighted by Gasteiger charge is -2.01. The summed E-state index contributed by atoms with van der Waals surface area (Å²) in [5, 5.41) is 4.80. The summed E-state index contributed by atoms with van der Waals surface area (Å²) in [6.45, 7) is 0. The van der Waals surface area contributed by atoms with Crippen molar-refractivity contribution in [1.29, 1.82) is 0 Å². The van der Waals surface area contributed by atoms with Gasteiger partial charge in [-0.05, 0) is 18.2 Å². The summed E-state index contributed by atoms with van der Waals surface area (Å²) in [5.74, 6) is -0.537. The van der Waals surface area contributed by atoms with Crippen molar-refractivity contribution in [2.75, 3.05) is 5.32 Å². The highest BCUT2D eigenvalue weighted by molar-refractivity contribution is 7.14. The van der Waals surface area contributed by atoms with Crippen LogP contribution in [0, 0.1) is 5.82 Å². The van der Waals surface area contributed by atoms with Crippen molar-refractivity contribution in [3.05, 3.63) is 46.7 Å². The first-order valence-electron chi connectivity index (χ1n) is 4.76. The number of carbonyl (C=O) groups excluding carboxylic acids is 1. The van der Waals surface area contributed by atoms with E-state index in [1.54, 1.807) is 5.38 Å². The molecule has 0 aliphatic carbocycles. The van der Waals surface area contributed by atoms with E-state index in [4.69, 9.17) is 11.6 Å². The van der Waals surface area contributed by atoms with E-state index in [1.807, 2.05) is 0 Å². The van der Waals surface area contributed by atoms with E-state index in [1.165, 1.54) is 35.6 Å². The molecule has 0 atom stereocenters. The molecule has 88 valence electrons. The predicted molar refractivity (Wildman–Crippen MR) is 66.0 cm³/mol. The molecule has 1 heterocycles. The Hall–Kier alpha value is -1.46. The topological polar surface area (TPSA) is 42.0 Å². The normalized spacial score (nSPS) is 10.2. The van der Waals surface area contributed by atoms with Gasteiger partial charge in [0, 0.05) is 10.9 Å². The summed E-state index contributed by atoms with van der Waals surface area (Å²) < 4.78 is 12.9. The summed E-state index contributed by atoms with van der Waals surface area (Å²) in [5.41, 5.74) is 0.957. The van der Waals surface area contributed by atoms with Gasteiger partial charge >= 0.3 is 0 Å². The molecule has 0 bridgehead atoms. The Morgan fingerprint density at radius 3 is 3.00 bits per heavy atom. The number of carbonyl (C=O) groups is 1. The summed E-state index contributed by atoms with van der Waals surface area (Å²) in [7, 11) is 0. The molecular weight excluding hydrogens is 263 g/mol. The Kier molecular flexibility index (Phi) is 3.71. The minimum absolute atomic E-state index is 0.257. The van der Waals surface area contributed by atoms with Gasteiger partial charge in [0.2, 0.25) is 0 Å². The largest absolute Gasteiger partial charge is 0.298 e. The van der Waals surface area contributed by atoms with E-state index in [0.717, 1.165) is 0 Å². The fraction of sp³-hybridized carbons (Fsp3) is 0.0909. The second-order valence-electron chi connectivity index (χ2n) is 3.24. The quantitative estimate of drug-likeness (QED) is 0.870. The van der Waals surface area contributed by atoms with Gasteiger partial charge in [-0.3, -0.25) is 10.1 Å². The molecule has 0 saturated heterocycles. The first-order chi connectivity index (χ1) is 8.19. The summed E-state index contributed by atoms with van der Waals surface area (Å²) in [6, 6.07) is 5.47. The van der Waals surface area contributed by atoms with Crippen LogP contribution in [0.4, 0.5) is 9.52 Å². The van der Waals surface area contributed by atoms with Gasteiger partial charge in [-0.2, -0.15) is 0 Å². The first-order valence-corrected chi connectivity index (χ1v) is 6.18. The Labute approximate surface area is 106 Å². The molecule has 2 rings (SSSR count). The van der Waals surface area contributed by atoms with Crippen LogP contribution in [0.1, 0.15) is 16.1 Å². The van der Waals surface area contributed by atoms with Crippen LogP contribution in [-0.4, -0.2) is 10.9 Å². The number of halogens is 2. The van der Waals surface area contributed by atoms with Gasteiger partial charge in [0.05, 0.1) is 11.6 Å². The summed E-state index contributed by atoms with van der Waals surface area (Å²) >= 11 is 6.88. The van der Waals surface area contributed by atoms with Crippen molar-refractivity contribution in [1.82, 2.24) is 4.98 Å². The number of rotatable bonds is 3. The Balaban J connectivity index is 2.11. The molecule has 2 aromatic rings. The van der Waals surface area contributed by atoms with Gasteiger partial charge in [-0.25, -0.2) is 9.37 Å². The van der Waals surface area contributed by atoms with Gasteiger partial charge < -0.3 is 0 Å². The van der Waals surface area contributed by atoms with Crippen LogP contribution in [0.2, 0.25) is 0 Å². The molecule has 0 spiro atoms. The molecule has 1 aromatic carbocycles. The Bertz CT molecular complexity index is 544. The number of nitrogens with zero attached hydrogens (tertiary/aromatic N) is 1. The monoisotopic (exact) mass is 270 g/mol. The van der Waals surface area contributed by atoms with E-state index < -0.39 is 5.82 Å². The Morgan fingerprint density at radius 2 is 2.35 bits per heavy atom. The zero-order valence-corrected chi connectivity index (χ0v) is 10.2. The highest BCUT2D eigenvalue weighted by atomic mass is 35.5. The maximum absolute atomic E-state index is 12.9. The molecule has 1 amide bonds. The third kappa shape index (κ3) is 3.01. The molecular formula is C11H8ClFN2OS. The van der Waals surface area contributed by atoms with Crippen LogP contribution < -0.4 is 5.32 Å². The number of hydrogen-bond acceptors (Lipinski definition) is 3. The van der Waals surface area contributed by atoms with Crippen molar-refractivity contribution in [3.8, 4) is 0 Å². The highest BCUT2D eigenvalue weighted by Crippen LogP contribution is 2.17. The van der Waals surface area contributed by atoms with E-state index in [-0.39, 0.29) is 11.5 Å². The summed E-state index contributed by atoms with van der Waals surface area (Å²) in [6.07, 6.45) is 0.